The van der Waals surface area contributed by atoms with Gasteiger partial charge in [0.1, 0.15) is 0 Å². The van der Waals surface area contributed by atoms with Crippen molar-refractivity contribution in [1.82, 2.24) is 0 Å². The molecular formula is C18H13Cl2N. The van der Waals surface area contributed by atoms with Crippen molar-refractivity contribution < 1.29 is 0 Å². The van der Waals surface area contributed by atoms with E-state index in [1.165, 1.54) is 11.1 Å². The van der Waals surface area contributed by atoms with Crippen LogP contribution in [0.3, 0.4) is 0 Å². The van der Waals surface area contributed by atoms with Crippen LogP contribution in [0.2, 0.25) is 10.0 Å². The zero-order chi connectivity index (χ0) is 14.7. The number of anilines is 2. The fourth-order valence-electron chi connectivity index (χ4n) is 2.14. The first-order valence-corrected chi connectivity index (χ1v) is 7.36. The first-order chi connectivity index (χ1) is 10.2. The van der Waals surface area contributed by atoms with Crippen LogP contribution in [0, 0.1) is 0 Å². The molecule has 0 saturated heterocycles. The van der Waals surface area contributed by atoms with Gasteiger partial charge in [-0.3, -0.25) is 0 Å². The molecule has 0 spiro atoms. The first-order valence-electron chi connectivity index (χ1n) is 6.60. The Morgan fingerprint density at radius 3 is 1.76 bits per heavy atom. The molecule has 3 aromatic rings. The molecule has 21 heavy (non-hydrogen) atoms. The highest BCUT2D eigenvalue weighted by molar-refractivity contribution is 6.39. The first kappa shape index (κ1) is 14.0. The average Bonchev–Trinajstić information content (AvgIpc) is 2.53. The summed E-state index contributed by atoms with van der Waals surface area (Å²) in [6.07, 6.45) is 0. The Morgan fingerprint density at radius 1 is 0.571 bits per heavy atom. The van der Waals surface area contributed by atoms with Crippen molar-refractivity contribution in [2.75, 3.05) is 5.32 Å². The van der Waals surface area contributed by atoms with E-state index in [1.807, 2.05) is 48.5 Å². The maximum Gasteiger partial charge on any atom is 0.0762 e. The molecule has 0 amide bonds. The summed E-state index contributed by atoms with van der Waals surface area (Å²) < 4.78 is 0. The van der Waals surface area contributed by atoms with Gasteiger partial charge in [0.15, 0.2) is 0 Å². The molecule has 0 radical (unpaired) electrons. The number of hydrogen-bond acceptors (Lipinski definition) is 1. The Bertz CT molecular complexity index is 717. The Hall–Kier alpha value is -1.96. The molecule has 0 unspecified atom stereocenters. The van der Waals surface area contributed by atoms with Gasteiger partial charge in [-0.2, -0.15) is 0 Å². The lowest BCUT2D eigenvalue weighted by atomic mass is 10.1. The van der Waals surface area contributed by atoms with E-state index in [4.69, 9.17) is 23.2 Å². The topological polar surface area (TPSA) is 12.0 Å². The van der Waals surface area contributed by atoms with E-state index < -0.39 is 0 Å². The molecule has 0 aliphatic rings. The molecule has 0 fully saturated rings. The van der Waals surface area contributed by atoms with Gasteiger partial charge in [0.25, 0.3) is 0 Å². The van der Waals surface area contributed by atoms with Crippen LogP contribution in [0.15, 0.2) is 72.8 Å². The number of nitrogens with one attached hydrogen (secondary N) is 1. The minimum absolute atomic E-state index is 0.606. The van der Waals surface area contributed by atoms with Crippen LogP contribution in [0.5, 0.6) is 0 Å². The molecule has 0 aliphatic heterocycles. The highest BCUT2D eigenvalue weighted by Gasteiger charge is 2.05. The molecule has 1 nitrogen and oxygen atoms in total. The summed E-state index contributed by atoms with van der Waals surface area (Å²) in [7, 11) is 0. The second-order valence-corrected chi connectivity index (χ2v) is 5.48. The lowest BCUT2D eigenvalue weighted by Crippen LogP contribution is -1.92. The van der Waals surface area contributed by atoms with E-state index in [2.05, 4.69) is 29.6 Å². The molecular weight excluding hydrogens is 301 g/mol. The van der Waals surface area contributed by atoms with E-state index in [-0.39, 0.29) is 0 Å². The number of benzene rings is 3. The van der Waals surface area contributed by atoms with Crippen LogP contribution in [-0.4, -0.2) is 0 Å². The van der Waals surface area contributed by atoms with Gasteiger partial charge in [0, 0.05) is 5.69 Å². The predicted octanol–water partition coefficient (Wildman–Crippen LogP) is 6.40. The van der Waals surface area contributed by atoms with Crippen molar-refractivity contribution in [3.8, 4) is 11.1 Å². The molecule has 3 aromatic carbocycles. The molecule has 0 saturated carbocycles. The van der Waals surface area contributed by atoms with Gasteiger partial charge in [-0.15, -0.1) is 0 Å². The number of hydrogen-bond donors (Lipinski definition) is 1. The maximum atomic E-state index is 6.16. The van der Waals surface area contributed by atoms with Crippen LogP contribution < -0.4 is 5.32 Å². The van der Waals surface area contributed by atoms with Gasteiger partial charge in [-0.25, -0.2) is 0 Å². The Labute approximate surface area is 134 Å². The third-order valence-electron chi connectivity index (χ3n) is 3.22. The lowest BCUT2D eigenvalue weighted by Gasteiger charge is -2.11. The van der Waals surface area contributed by atoms with Crippen molar-refractivity contribution in [3.63, 3.8) is 0 Å². The van der Waals surface area contributed by atoms with Gasteiger partial charge < -0.3 is 5.32 Å². The SMILES string of the molecule is Clc1cccc(Cl)c1Nc1ccc(-c2ccccc2)cc1. The van der Waals surface area contributed by atoms with Gasteiger partial charge in [-0.05, 0) is 35.4 Å². The van der Waals surface area contributed by atoms with Crippen molar-refractivity contribution in [1.29, 1.82) is 0 Å². The number of rotatable bonds is 3. The second-order valence-electron chi connectivity index (χ2n) is 4.67. The minimum Gasteiger partial charge on any atom is -0.353 e. The summed E-state index contributed by atoms with van der Waals surface area (Å²) in [5.74, 6) is 0. The van der Waals surface area contributed by atoms with Crippen LogP contribution >= 0.6 is 23.2 Å². The average molecular weight is 314 g/mol. The highest BCUT2D eigenvalue weighted by Crippen LogP contribution is 2.33. The maximum absolute atomic E-state index is 6.16. The molecule has 0 atom stereocenters. The van der Waals surface area contributed by atoms with Crippen LogP contribution in [0.4, 0.5) is 11.4 Å². The van der Waals surface area contributed by atoms with Crippen molar-refractivity contribution in [2.24, 2.45) is 0 Å². The third-order valence-corrected chi connectivity index (χ3v) is 3.85. The van der Waals surface area contributed by atoms with Gasteiger partial charge >= 0.3 is 0 Å². The normalized spacial score (nSPS) is 10.4. The Kier molecular flexibility index (Phi) is 4.14. The zero-order valence-corrected chi connectivity index (χ0v) is 12.7. The zero-order valence-electron chi connectivity index (χ0n) is 11.2. The third kappa shape index (κ3) is 3.21. The smallest absolute Gasteiger partial charge is 0.0762 e. The van der Waals surface area contributed by atoms with E-state index in [0.717, 1.165) is 11.4 Å². The predicted molar refractivity (Wildman–Crippen MR) is 91.6 cm³/mol. The molecule has 3 rings (SSSR count). The molecule has 3 heteroatoms. The summed E-state index contributed by atoms with van der Waals surface area (Å²) in [5.41, 5.74) is 4.05. The van der Waals surface area contributed by atoms with E-state index in [0.29, 0.717) is 10.0 Å². The summed E-state index contributed by atoms with van der Waals surface area (Å²) in [4.78, 5) is 0. The largest absolute Gasteiger partial charge is 0.353 e. The van der Waals surface area contributed by atoms with Crippen molar-refractivity contribution in [3.05, 3.63) is 82.8 Å². The number of halogens is 2. The lowest BCUT2D eigenvalue weighted by molar-refractivity contribution is 1.54. The van der Waals surface area contributed by atoms with Gasteiger partial charge in [0.05, 0.1) is 15.7 Å². The standard InChI is InChI=1S/C18H13Cl2N/c19-16-7-4-8-17(20)18(16)21-15-11-9-14(10-12-15)13-5-2-1-3-6-13/h1-12,21H. The summed E-state index contributed by atoms with van der Waals surface area (Å²) in [5, 5.41) is 4.47. The monoisotopic (exact) mass is 313 g/mol. The van der Waals surface area contributed by atoms with Gasteiger partial charge in [-0.1, -0.05) is 71.7 Å². The summed E-state index contributed by atoms with van der Waals surface area (Å²) in [6, 6.07) is 23.9. The molecule has 0 heterocycles. The Balaban J connectivity index is 1.85. The fourth-order valence-corrected chi connectivity index (χ4v) is 2.63. The molecule has 0 aromatic heterocycles. The quantitative estimate of drug-likeness (QED) is 0.589. The van der Waals surface area contributed by atoms with E-state index in [1.54, 1.807) is 0 Å². The highest BCUT2D eigenvalue weighted by atomic mass is 35.5. The second kappa shape index (κ2) is 6.21. The summed E-state index contributed by atoms with van der Waals surface area (Å²) in [6.45, 7) is 0. The van der Waals surface area contributed by atoms with Gasteiger partial charge in [0.2, 0.25) is 0 Å². The van der Waals surface area contributed by atoms with Crippen molar-refractivity contribution in [2.45, 2.75) is 0 Å². The Morgan fingerprint density at radius 2 is 1.14 bits per heavy atom. The number of para-hydroxylation sites is 1. The van der Waals surface area contributed by atoms with Crippen LogP contribution in [0.25, 0.3) is 11.1 Å². The summed E-state index contributed by atoms with van der Waals surface area (Å²) >= 11 is 12.3. The van der Waals surface area contributed by atoms with Crippen LogP contribution in [-0.2, 0) is 0 Å². The van der Waals surface area contributed by atoms with E-state index in [9.17, 15) is 0 Å². The molecule has 0 bridgehead atoms. The fraction of sp³-hybridized carbons (Fsp3) is 0. The molecule has 104 valence electrons. The van der Waals surface area contributed by atoms with E-state index >= 15 is 0 Å². The molecule has 0 aliphatic carbocycles. The van der Waals surface area contributed by atoms with Crippen molar-refractivity contribution >= 4 is 34.6 Å². The molecule has 1 N–H and O–H groups in total. The van der Waals surface area contributed by atoms with Crippen LogP contribution in [0.1, 0.15) is 0 Å². The minimum atomic E-state index is 0.606.